The molecule has 4 rings (SSSR count). The average Bonchev–Trinajstić information content (AvgIpc) is 2.68. The molecule has 1 aliphatic carbocycles. The Kier molecular flexibility index (Phi) is 5.07. The van der Waals surface area contributed by atoms with Crippen LogP contribution < -0.4 is 0 Å². The number of rotatable bonds is 3. The van der Waals surface area contributed by atoms with Gasteiger partial charge in [-0.2, -0.15) is 0 Å². The van der Waals surface area contributed by atoms with Gasteiger partial charge in [0.15, 0.2) is 0 Å². The van der Waals surface area contributed by atoms with E-state index in [4.69, 9.17) is 0 Å². The van der Waals surface area contributed by atoms with E-state index in [9.17, 15) is 4.79 Å². The van der Waals surface area contributed by atoms with Crippen molar-refractivity contribution in [2.24, 2.45) is 0 Å². The van der Waals surface area contributed by atoms with Gasteiger partial charge in [-0.05, 0) is 55.0 Å². The number of aryl methyl sites for hydroxylation is 2. The fourth-order valence-electron chi connectivity index (χ4n) is 4.35. The molecule has 2 aromatic carbocycles. The third-order valence-electron chi connectivity index (χ3n) is 5.86. The molecule has 2 aromatic rings. The predicted molar refractivity (Wildman–Crippen MR) is 105 cm³/mol. The summed E-state index contributed by atoms with van der Waals surface area (Å²) in [5.74, 6) is 0.253. The summed E-state index contributed by atoms with van der Waals surface area (Å²) >= 11 is 0. The number of likely N-dealkylation sites (N-methyl/N-ethyl adjacent to an activating group) is 1. The molecule has 0 aromatic heterocycles. The maximum absolute atomic E-state index is 13.1. The van der Waals surface area contributed by atoms with Gasteiger partial charge in [0.1, 0.15) is 0 Å². The Balaban J connectivity index is 1.52. The largest absolute Gasteiger partial charge is 0.333 e. The van der Waals surface area contributed by atoms with Crippen LogP contribution in [0.5, 0.6) is 0 Å². The molecule has 0 spiro atoms. The molecule has 2 aliphatic rings. The van der Waals surface area contributed by atoms with Crippen molar-refractivity contribution >= 4 is 5.91 Å². The van der Waals surface area contributed by atoms with Crippen molar-refractivity contribution in [3.8, 4) is 0 Å². The highest BCUT2D eigenvalue weighted by molar-refractivity contribution is 5.79. The molecule has 1 unspecified atom stereocenters. The molecule has 0 bridgehead atoms. The number of benzene rings is 2. The molecular formula is C23H28N2O. The van der Waals surface area contributed by atoms with E-state index in [-0.39, 0.29) is 11.9 Å². The first-order valence-electron chi connectivity index (χ1n) is 9.84. The van der Waals surface area contributed by atoms with Crippen LogP contribution in [0.2, 0.25) is 0 Å². The number of hydrogen-bond donors (Lipinski definition) is 0. The molecule has 1 fully saturated rings. The molecule has 26 heavy (non-hydrogen) atoms. The van der Waals surface area contributed by atoms with E-state index in [0.717, 1.165) is 19.6 Å². The molecule has 3 nitrogen and oxygen atoms in total. The van der Waals surface area contributed by atoms with E-state index in [2.05, 4.69) is 59.3 Å². The Labute approximate surface area is 156 Å². The van der Waals surface area contributed by atoms with Crippen LogP contribution in [0.1, 0.15) is 41.1 Å². The molecule has 0 N–H and O–H groups in total. The zero-order chi connectivity index (χ0) is 17.9. The molecule has 136 valence electrons. The van der Waals surface area contributed by atoms with E-state index in [0.29, 0.717) is 6.42 Å². The van der Waals surface area contributed by atoms with Crippen LogP contribution in [0.3, 0.4) is 0 Å². The lowest BCUT2D eigenvalue weighted by atomic mass is 9.90. The molecule has 1 atom stereocenters. The zero-order valence-electron chi connectivity index (χ0n) is 15.7. The second-order valence-corrected chi connectivity index (χ2v) is 7.76. The first kappa shape index (κ1) is 17.3. The van der Waals surface area contributed by atoms with Gasteiger partial charge in [0.2, 0.25) is 5.91 Å². The summed E-state index contributed by atoms with van der Waals surface area (Å²) in [5.41, 5.74) is 5.34. The minimum atomic E-state index is 0.153. The summed E-state index contributed by atoms with van der Waals surface area (Å²) in [6.07, 6.45) is 5.45. The van der Waals surface area contributed by atoms with Crippen molar-refractivity contribution in [1.82, 2.24) is 9.80 Å². The lowest BCUT2D eigenvalue weighted by molar-refractivity contribution is -0.135. The highest BCUT2D eigenvalue weighted by Gasteiger charge is 2.30. The Morgan fingerprint density at radius 2 is 1.77 bits per heavy atom. The number of fused-ring (bicyclic) bond motifs is 1. The van der Waals surface area contributed by atoms with Crippen LogP contribution in [0.4, 0.5) is 0 Å². The number of carbonyl (C=O) groups excluding carboxylic acids is 1. The zero-order valence-corrected chi connectivity index (χ0v) is 15.7. The van der Waals surface area contributed by atoms with Gasteiger partial charge in [0.25, 0.3) is 0 Å². The van der Waals surface area contributed by atoms with Gasteiger partial charge in [0, 0.05) is 19.6 Å². The maximum atomic E-state index is 13.1. The van der Waals surface area contributed by atoms with Crippen molar-refractivity contribution in [2.75, 3.05) is 26.7 Å². The standard InChI is InChI=1S/C23H28N2O/c1-24-13-14-25(22(17-24)20-8-3-2-4-9-20)23(26)16-18-11-12-19-7-5-6-10-21(19)15-18/h2-4,8-9,11-12,15,22H,5-7,10,13-14,16-17H2,1H3. The normalized spacial score (nSPS) is 20.7. The monoisotopic (exact) mass is 348 g/mol. The Morgan fingerprint density at radius 1 is 1.00 bits per heavy atom. The predicted octanol–water partition coefficient (Wildman–Crippen LogP) is 3.62. The van der Waals surface area contributed by atoms with Gasteiger partial charge in [-0.15, -0.1) is 0 Å². The van der Waals surface area contributed by atoms with E-state index in [1.807, 2.05) is 6.07 Å². The van der Waals surface area contributed by atoms with Crippen LogP contribution in [-0.2, 0) is 24.1 Å². The molecule has 1 aliphatic heterocycles. The lowest BCUT2D eigenvalue weighted by Crippen LogP contribution is -2.49. The summed E-state index contributed by atoms with van der Waals surface area (Å²) in [7, 11) is 2.14. The lowest BCUT2D eigenvalue weighted by Gasteiger charge is -2.40. The summed E-state index contributed by atoms with van der Waals surface area (Å²) < 4.78 is 0. The highest BCUT2D eigenvalue weighted by Crippen LogP contribution is 2.27. The van der Waals surface area contributed by atoms with Crippen molar-refractivity contribution in [3.05, 3.63) is 70.8 Å². The number of amides is 1. The highest BCUT2D eigenvalue weighted by atomic mass is 16.2. The van der Waals surface area contributed by atoms with Crippen molar-refractivity contribution < 1.29 is 4.79 Å². The number of hydrogen-bond acceptors (Lipinski definition) is 2. The first-order chi connectivity index (χ1) is 12.7. The smallest absolute Gasteiger partial charge is 0.227 e. The van der Waals surface area contributed by atoms with Gasteiger partial charge in [-0.25, -0.2) is 0 Å². The average molecular weight is 348 g/mol. The third-order valence-corrected chi connectivity index (χ3v) is 5.86. The molecule has 0 saturated carbocycles. The summed E-state index contributed by atoms with van der Waals surface area (Å²) in [6, 6.07) is 17.3. The van der Waals surface area contributed by atoms with Gasteiger partial charge in [-0.3, -0.25) is 4.79 Å². The Morgan fingerprint density at radius 3 is 2.58 bits per heavy atom. The van der Waals surface area contributed by atoms with E-state index in [1.165, 1.54) is 47.9 Å². The fourth-order valence-corrected chi connectivity index (χ4v) is 4.35. The molecule has 0 radical (unpaired) electrons. The quantitative estimate of drug-likeness (QED) is 0.846. The summed E-state index contributed by atoms with van der Waals surface area (Å²) in [6.45, 7) is 2.65. The fraction of sp³-hybridized carbons (Fsp3) is 0.435. The first-order valence-corrected chi connectivity index (χ1v) is 9.84. The molecule has 1 amide bonds. The van der Waals surface area contributed by atoms with Crippen LogP contribution in [0.15, 0.2) is 48.5 Å². The van der Waals surface area contributed by atoms with E-state index >= 15 is 0 Å². The van der Waals surface area contributed by atoms with Crippen molar-refractivity contribution in [3.63, 3.8) is 0 Å². The molecule has 1 heterocycles. The Hall–Kier alpha value is -2.13. The van der Waals surface area contributed by atoms with E-state index in [1.54, 1.807) is 0 Å². The molecule has 3 heteroatoms. The van der Waals surface area contributed by atoms with Crippen LogP contribution in [-0.4, -0.2) is 42.4 Å². The van der Waals surface area contributed by atoms with Crippen molar-refractivity contribution in [1.29, 1.82) is 0 Å². The van der Waals surface area contributed by atoms with Gasteiger partial charge in [0.05, 0.1) is 12.5 Å². The van der Waals surface area contributed by atoms with Crippen molar-refractivity contribution in [2.45, 2.75) is 38.1 Å². The second kappa shape index (κ2) is 7.63. The second-order valence-electron chi connectivity index (χ2n) is 7.76. The topological polar surface area (TPSA) is 23.6 Å². The number of piperazine rings is 1. The minimum Gasteiger partial charge on any atom is -0.333 e. The SMILES string of the molecule is CN1CCN(C(=O)Cc2ccc3c(c2)CCCC3)C(c2ccccc2)C1. The van der Waals surface area contributed by atoms with Crippen LogP contribution >= 0.6 is 0 Å². The molecule has 1 saturated heterocycles. The summed E-state index contributed by atoms with van der Waals surface area (Å²) in [4.78, 5) is 17.5. The Bertz CT molecular complexity index is 771. The summed E-state index contributed by atoms with van der Waals surface area (Å²) in [5, 5.41) is 0. The van der Waals surface area contributed by atoms with Gasteiger partial charge < -0.3 is 9.80 Å². The van der Waals surface area contributed by atoms with Gasteiger partial charge >= 0.3 is 0 Å². The molecular weight excluding hydrogens is 320 g/mol. The number of carbonyl (C=O) groups is 1. The maximum Gasteiger partial charge on any atom is 0.227 e. The van der Waals surface area contributed by atoms with Crippen LogP contribution in [0, 0.1) is 0 Å². The van der Waals surface area contributed by atoms with E-state index < -0.39 is 0 Å². The minimum absolute atomic E-state index is 0.153. The third kappa shape index (κ3) is 3.68. The van der Waals surface area contributed by atoms with Crippen LogP contribution in [0.25, 0.3) is 0 Å². The number of nitrogens with zero attached hydrogens (tertiary/aromatic N) is 2. The van der Waals surface area contributed by atoms with Gasteiger partial charge in [-0.1, -0.05) is 48.5 Å².